The van der Waals surface area contributed by atoms with Crippen LogP contribution in [-0.2, 0) is 20.9 Å². The van der Waals surface area contributed by atoms with Gasteiger partial charge in [-0.25, -0.2) is 9.59 Å². The first-order valence-electron chi connectivity index (χ1n) is 14.5. The average molecular weight is 544 g/mol. The lowest BCUT2D eigenvalue weighted by molar-refractivity contribution is -0.145. The van der Waals surface area contributed by atoms with Gasteiger partial charge in [0.05, 0.1) is 24.2 Å². The first-order chi connectivity index (χ1) is 18.8. The molecule has 0 atom stereocenters. The number of hydrogen-bond donors (Lipinski definition) is 1. The first-order valence-corrected chi connectivity index (χ1v) is 14.5. The molecule has 218 valence electrons. The van der Waals surface area contributed by atoms with Gasteiger partial charge in [0.25, 0.3) is 0 Å². The minimum absolute atomic E-state index is 0.0440. The Hall–Kier alpha value is -2.93. The maximum atomic E-state index is 12.5. The summed E-state index contributed by atoms with van der Waals surface area (Å²) in [6.07, 6.45) is 22.9. The zero-order valence-corrected chi connectivity index (χ0v) is 24.3. The maximum absolute atomic E-state index is 12.5. The highest BCUT2D eigenvalue weighted by atomic mass is 16.5. The SMILES string of the molecule is CCCCC/C=C\C/C=C\CCCCCCCCOC(=O)c1cc(COC(=O)CCN(C)C)cc(C(=O)O)c1. The Bertz CT molecular complexity index is 906. The maximum Gasteiger partial charge on any atom is 0.338 e. The van der Waals surface area contributed by atoms with E-state index in [1.807, 2.05) is 19.0 Å². The minimum atomic E-state index is -1.16. The van der Waals surface area contributed by atoms with Gasteiger partial charge in [0.15, 0.2) is 0 Å². The number of carbonyl (C=O) groups is 3. The van der Waals surface area contributed by atoms with Gasteiger partial charge in [-0.05, 0) is 76.4 Å². The monoisotopic (exact) mass is 543 g/mol. The highest BCUT2D eigenvalue weighted by Crippen LogP contribution is 2.15. The summed E-state index contributed by atoms with van der Waals surface area (Å²) in [6, 6.07) is 4.22. The van der Waals surface area contributed by atoms with E-state index < -0.39 is 11.9 Å². The van der Waals surface area contributed by atoms with Crippen molar-refractivity contribution in [1.82, 2.24) is 4.90 Å². The highest BCUT2D eigenvalue weighted by Gasteiger charge is 2.15. The summed E-state index contributed by atoms with van der Waals surface area (Å²) >= 11 is 0. The van der Waals surface area contributed by atoms with Gasteiger partial charge in [-0.15, -0.1) is 0 Å². The number of carbonyl (C=O) groups excluding carboxylic acids is 2. The van der Waals surface area contributed by atoms with Crippen LogP contribution in [0.2, 0.25) is 0 Å². The second kappa shape index (κ2) is 21.9. The van der Waals surface area contributed by atoms with Crippen molar-refractivity contribution < 1.29 is 29.0 Å². The Morgan fingerprint density at radius 1 is 0.795 bits per heavy atom. The number of carboxylic acid groups (broad SMARTS) is 1. The van der Waals surface area contributed by atoms with Crippen LogP contribution in [0.15, 0.2) is 42.5 Å². The number of rotatable bonds is 22. The van der Waals surface area contributed by atoms with E-state index in [2.05, 4.69) is 31.2 Å². The molecule has 1 aromatic carbocycles. The molecule has 1 aromatic rings. The number of benzene rings is 1. The third kappa shape index (κ3) is 18.1. The molecule has 0 unspecified atom stereocenters. The van der Waals surface area contributed by atoms with E-state index in [-0.39, 0.29) is 30.1 Å². The number of ether oxygens (including phenoxy) is 2. The molecule has 0 aliphatic heterocycles. The average Bonchev–Trinajstić information content (AvgIpc) is 2.92. The van der Waals surface area contributed by atoms with E-state index in [1.54, 1.807) is 0 Å². The summed E-state index contributed by atoms with van der Waals surface area (Å²) in [5.74, 6) is -2.11. The Balaban J connectivity index is 2.24. The van der Waals surface area contributed by atoms with Crippen LogP contribution >= 0.6 is 0 Å². The lowest BCUT2D eigenvalue weighted by Crippen LogP contribution is -2.18. The van der Waals surface area contributed by atoms with E-state index in [0.717, 1.165) is 38.5 Å². The molecule has 0 saturated heterocycles. The van der Waals surface area contributed by atoms with Crippen molar-refractivity contribution in [2.24, 2.45) is 0 Å². The summed E-state index contributed by atoms with van der Waals surface area (Å²) in [7, 11) is 3.72. The molecule has 0 aliphatic rings. The molecule has 1 N–H and O–H groups in total. The molecule has 0 aliphatic carbocycles. The number of aromatic carboxylic acids is 1. The van der Waals surface area contributed by atoms with E-state index >= 15 is 0 Å². The number of unbranched alkanes of at least 4 members (excludes halogenated alkanes) is 9. The van der Waals surface area contributed by atoms with Crippen LogP contribution in [0, 0.1) is 0 Å². The predicted molar refractivity (Wildman–Crippen MR) is 156 cm³/mol. The van der Waals surface area contributed by atoms with Crippen LogP contribution in [-0.4, -0.2) is 55.2 Å². The number of allylic oxidation sites excluding steroid dienone is 4. The Labute approximate surface area is 235 Å². The summed E-state index contributed by atoms with van der Waals surface area (Å²) in [6.45, 7) is 2.98. The molecule has 39 heavy (non-hydrogen) atoms. The molecule has 7 nitrogen and oxygen atoms in total. The summed E-state index contributed by atoms with van der Waals surface area (Å²) in [5.41, 5.74) is 0.542. The fourth-order valence-corrected chi connectivity index (χ4v) is 3.91. The van der Waals surface area contributed by atoms with Gasteiger partial charge in [0.1, 0.15) is 6.61 Å². The Morgan fingerprint density at radius 3 is 2.05 bits per heavy atom. The molecule has 0 amide bonds. The van der Waals surface area contributed by atoms with Crippen LogP contribution in [0.5, 0.6) is 0 Å². The van der Waals surface area contributed by atoms with Crippen LogP contribution in [0.25, 0.3) is 0 Å². The van der Waals surface area contributed by atoms with Gasteiger partial charge in [-0.2, -0.15) is 0 Å². The quantitative estimate of drug-likeness (QED) is 0.0928. The molecule has 0 spiro atoms. The van der Waals surface area contributed by atoms with Gasteiger partial charge >= 0.3 is 17.9 Å². The topological polar surface area (TPSA) is 93.1 Å². The molecule has 0 bridgehead atoms. The second-order valence-electron chi connectivity index (χ2n) is 10.2. The fourth-order valence-electron chi connectivity index (χ4n) is 3.91. The Kier molecular flexibility index (Phi) is 19.2. The van der Waals surface area contributed by atoms with Crippen LogP contribution in [0.1, 0.15) is 117 Å². The van der Waals surface area contributed by atoms with Crippen molar-refractivity contribution in [3.05, 3.63) is 59.2 Å². The summed E-state index contributed by atoms with van der Waals surface area (Å²) < 4.78 is 10.6. The van der Waals surface area contributed by atoms with Gasteiger partial charge in [-0.1, -0.05) is 69.8 Å². The van der Waals surface area contributed by atoms with Gasteiger partial charge < -0.3 is 19.5 Å². The third-order valence-corrected chi connectivity index (χ3v) is 6.22. The zero-order valence-electron chi connectivity index (χ0n) is 24.3. The largest absolute Gasteiger partial charge is 0.478 e. The smallest absolute Gasteiger partial charge is 0.338 e. The highest BCUT2D eigenvalue weighted by molar-refractivity contribution is 5.95. The lowest BCUT2D eigenvalue weighted by Gasteiger charge is -2.11. The third-order valence-electron chi connectivity index (χ3n) is 6.22. The summed E-state index contributed by atoms with van der Waals surface area (Å²) in [4.78, 5) is 37.8. The first kappa shape index (κ1) is 34.1. The van der Waals surface area contributed by atoms with E-state index in [0.29, 0.717) is 18.7 Å². The Morgan fingerprint density at radius 2 is 1.41 bits per heavy atom. The normalized spacial score (nSPS) is 11.5. The van der Waals surface area contributed by atoms with Crippen molar-refractivity contribution in [2.75, 3.05) is 27.2 Å². The molecule has 0 saturated carbocycles. The number of carboxylic acids is 1. The standard InChI is InChI=1S/C32H49NO6/c1-4-5-6-7-8-9-10-11-12-13-14-15-16-17-18-19-22-38-32(37)29-24-27(23-28(25-29)31(35)36)26-39-30(34)20-21-33(2)3/h8-9,11-12,23-25H,4-7,10,13-22,26H2,1-3H3,(H,35,36)/b9-8-,12-11-. The van der Waals surface area contributed by atoms with Crippen molar-refractivity contribution in [3.8, 4) is 0 Å². The van der Waals surface area contributed by atoms with Crippen LogP contribution < -0.4 is 0 Å². The van der Waals surface area contributed by atoms with E-state index in [1.165, 1.54) is 56.7 Å². The molecule has 1 rings (SSSR count). The van der Waals surface area contributed by atoms with Gasteiger partial charge in [0, 0.05) is 6.54 Å². The van der Waals surface area contributed by atoms with Crippen molar-refractivity contribution in [3.63, 3.8) is 0 Å². The number of nitrogens with zero attached hydrogens (tertiary/aromatic N) is 1. The number of esters is 2. The molecule has 7 heteroatoms. The molecular formula is C32H49NO6. The number of hydrogen-bond acceptors (Lipinski definition) is 6. The predicted octanol–water partition coefficient (Wildman–Crippen LogP) is 7.35. The van der Waals surface area contributed by atoms with E-state index in [4.69, 9.17) is 9.47 Å². The summed E-state index contributed by atoms with van der Waals surface area (Å²) in [5, 5.41) is 9.40. The minimum Gasteiger partial charge on any atom is -0.478 e. The zero-order chi connectivity index (χ0) is 28.7. The van der Waals surface area contributed by atoms with Gasteiger partial charge in [-0.3, -0.25) is 4.79 Å². The molecular weight excluding hydrogens is 494 g/mol. The van der Waals surface area contributed by atoms with Gasteiger partial charge in [0.2, 0.25) is 0 Å². The van der Waals surface area contributed by atoms with Crippen LogP contribution in [0.3, 0.4) is 0 Å². The van der Waals surface area contributed by atoms with E-state index in [9.17, 15) is 19.5 Å². The fraction of sp³-hybridized carbons (Fsp3) is 0.594. The molecule has 0 radical (unpaired) electrons. The molecule has 0 aromatic heterocycles. The van der Waals surface area contributed by atoms with Crippen molar-refractivity contribution >= 4 is 17.9 Å². The van der Waals surface area contributed by atoms with Crippen molar-refractivity contribution in [2.45, 2.75) is 97.0 Å². The van der Waals surface area contributed by atoms with Crippen LogP contribution in [0.4, 0.5) is 0 Å². The lowest BCUT2D eigenvalue weighted by atomic mass is 10.1. The van der Waals surface area contributed by atoms with Crippen molar-refractivity contribution in [1.29, 1.82) is 0 Å². The molecule has 0 heterocycles. The second-order valence-corrected chi connectivity index (χ2v) is 10.2. The molecule has 0 fully saturated rings.